The van der Waals surface area contributed by atoms with Crippen molar-refractivity contribution in [1.82, 2.24) is 24.6 Å². The zero-order valence-electron chi connectivity index (χ0n) is 19.9. The van der Waals surface area contributed by atoms with Crippen molar-refractivity contribution in [3.8, 4) is 0 Å². The minimum absolute atomic E-state index is 0.240. The minimum atomic E-state index is -3.33. The van der Waals surface area contributed by atoms with Crippen molar-refractivity contribution in [3.63, 3.8) is 0 Å². The van der Waals surface area contributed by atoms with E-state index in [2.05, 4.69) is 26.7 Å². The van der Waals surface area contributed by atoms with E-state index in [0.717, 1.165) is 55.5 Å². The Labute approximate surface area is 207 Å². The molecule has 0 aliphatic heterocycles. The van der Waals surface area contributed by atoms with Gasteiger partial charge < -0.3 is 4.98 Å². The van der Waals surface area contributed by atoms with Crippen LogP contribution < -0.4 is 4.72 Å². The fraction of sp³-hybridized carbons (Fsp3) is 0.407. The lowest BCUT2D eigenvalue weighted by molar-refractivity contribution is 0.159. The largest absolute Gasteiger partial charge is 0.341 e. The first-order chi connectivity index (χ1) is 17.1. The summed E-state index contributed by atoms with van der Waals surface area (Å²) in [6.45, 7) is 2.01. The number of imidazole rings is 1. The number of aryl methyl sites for hydroxylation is 1. The van der Waals surface area contributed by atoms with E-state index >= 15 is 0 Å². The molecule has 0 bridgehead atoms. The number of sulfonamides is 1. The molecule has 2 aliphatic rings. The van der Waals surface area contributed by atoms with Crippen LogP contribution >= 0.6 is 0 Å². The van der Waals surface area contributed by atoms with Crippen molar-refractivity contribution in [1.29, 1.82) is 0 Å². The van der Waals surface area contributed by atoms with E-state index in [0.29, 0.717) is 19.5 Å². The summed E-state index contributed by atoms with van der Waals surface area (Å²) in [5.74, 6) is 0.951. The number of aromatic amines is 1. The van der Waals surface area contributed by atoms with Crippen LogP contribution in [0.25, 0.3) is 11.0 Å². The smallest absolute Gasteiger partial charge is 0.218 e. The first-order valence-corrected chi connectivity index (χ1v) is 14.1. The highest BCUT2D eigenvalue weighted by molar-refractivity contribution is 7.90. The summed E-state index contributed by atoms with van der Waals surface area (Å²) < 4.78 is 27.9. The summed E-state index contributed by atoms with van der Waals surface area (Å²) in [6.07, 6.45) is 14.7. The highest BCUT2D eigenvalue weighted by Crippen LogP contribution is 2.33. The molecule has 3 aromatic rings. The minimum Gasteiger partial charge on any atom is -0.341 e. The summed E-state index contributed by atoms with van der Waals surface area (Å²) >= 11 is 0. The number of fused-ring (bicyclic) bond motifs is 2. The van der Waals surface area contributed by atoms with Gasteiger partial charge in [0.15, 0.2) is 0 Å². The number of hydrogen-bond acceptors (Lipinski definition) is 5. The van der Waals surface area contributed by atoms with E-state index in [1.807, 2.05) is 42.6 Å². The number of hydrogen-bond donors (Lipinski definition) is 2. The van der Waals surface area contributed by atoms with Gasteiger partial charge in [-0.1, -0.05) is 42.5 Å². The maximum atomic E-state index is 12.6. The zero-order chi connectivity index (χ0) is 24.1. The van der Waals surface area contributed by atoms with Gasteiger partial charge >= 0.3 is 0 Å². The fourth-order valence-electron chi connectivity index (χ4n) is 5.11. The molecule has 2 N–H and O–H groups in total. The van der Waals surface area contributed by atoms with Gasteiger partial charge in [-0.25, -0.2) is 18.1 Å². The topological polar surface area (TPSA) is 91.0 Å². The number of H-pyrrole nitrogens is 1. The van der Waals surface area contributed by atoms with Gasteiger partial charge in [0.2, 0.25) is 10.0 Å². The average molecular weight is 492 g/mol. The lowest BCUT2D eigenvalue weighted by Crippen LogP contribution is -2.35. The monoisotopic (exact) mass is 491 g/mol. The highest BCUT2D eigenvalue weighted by atomic mass is 32.2. The van der Waals surface area contributed by atoms with Crippen LogP contribution in [0.15, 0.2) is 66.9 Å². The van der Waals surface area contributed by atoms with E-state index in [-0.39, 0.29) is 6.04 Å². The second kappa shape index (κ2) is 10.8. The lowest BCUT2D eigenvalue weighted by atomic mass is 9.90. The predicted molar refractivity (Wildman–Crippen MR) is 139 cm³/mol. The lowest BCUT2D eigenvalue weighted by Gasteiger charge is -2.34. The summed E-state index contributed by atoms with van der Waals surface area (Å²) in [4.78, 5) is 15.5. The molecular weight excluding hydrogens is 458 g/mol. The van der Waals surface area contributed by atoms with Crippen molar-refractivity contribution in [2.75, 3.05) is 13.1 Å². The van der Waals surface area contributed by atoms with E-state index in [9.17, 15) is 8.42 Å². The normalized spacial score (nSPS) is 19.9. The van der Waals surface area contributed by atoms with Crippen LogP contribution in [0.5, 0.6) is 0 Å². The summed E-state index contributed by atoms with van der Waals surface area (Å²) in [6, 6.07) is 12.6. The standard InChI is InChI=1S/C27H33N5O2S/c33-35(34,22-12-2-1-3-13-22)29-18-6-7-19-32(20-26-30-23-14-4-5-15-24(23)31-26)25-16-8-10-21-11-9-17-28-27(21)25/h1-5,9,11-12,14-15,17,22,25,29H,6-8,10,13,16,18-20H2,(H,30,31). The third-order valence-corrected chi connectivity index (χ3v) is 8.67. The van der Waals surface area contributed by atoms with Crippen LogP contribution in [0.4, 0.5) is 0 Å². The van der Waals surface area contributed by atoms with Gasteiger partial charge in [0.05, 0.1) is 34.6 Å². The van der Waals surface area contributed by atoms with Crippen molar-refractivity contribution < 1.29 is 8.42 Å². The molecule has 35 heavy (non-hydrogen) atoms. The third kappa shape index (κ3) is 5.72. The number of pyridine rings is 1. The Morgan fingerprint density at radius 1 is 1.11 bits per heavy atom. The van der Waals surface area contributed by atoms with E-state index in [4.69, 9.17) is 9.97 Å². The number of nitrogens with one attached hydrogen (secondary N) is 2. The molecule has 1 aromatic carbocycles. The van der Waals surface area contributed by atoms with Crippen LogP contribution in [-0.4, -0.2) is 46.6 Å². The van der Waals surface area contributed by atoms with Crippen molar-refractivity contribution in [2.45, 2.75) is 56.4 Å². The Hall–Kier alpha value is -2.81. The molecule has 8 heteroatoms. The average Bonchev–Trinajstić information content (AvgIpc) is 3.30. The molecule has 2 heterocycles. The van der Waals surface area contributed by atoms with Crippen molar-refractivity contribution in [3.05, 3.63) is 84.0 Å². The van der Waals surface area contributed by atoms with Gasteiger partial charge in [0.1, 0.15) is 5.82 Å². The van der Waals surface area contributed by atoms with Crippen LogP contribution in [0.2, 0.25) is 0 Å². The van der Waals surface area contributed by atoms with Crippen molar-refractivity contribution in [2.24, 2.45) is 0 Å². The summed E-state index contributed by atoms with van der Waals surface area (Å²) in [5, 5.41) is -0.470. The van der Waals surface area contributed by atoms with Gasteiger partial charge in [-0.3, -0.25) is 9.88 Å². The number of aromatic nitrogens is 3. The second-order valence-electron chi connectivity index (χ2n) is 9.36. The molecule has 2 aromatic heterocycles. The molecule has 184 valence electrons. The molecule has 7 nitrogen and oxygen atoms in total. The second-order valence-corrected chi connectivity index (χ2v) is 11.3. The van der Waals surface area contributed by atoms with E-state index in [1.165, 1.54) is 11.3 Å². The highest BCUT2D eigenvalue weighted by Gasteiger charge is 2.28. The molecule has 0 radical (unpaired) electrons. The first kappa shape index (κ1) is 23.9. The van der Waals surface area contributed by atoms with E-state index in [1.54, 1.807) is 12.2 Å². The Morgan fingerprint density at radius 2 is 2.03 bits per heavy atom. The third-order valence-electron chi connectivity index (χ3n) is 6.91. The Kier molecular flexibility index (Phi) is 7.41. The molecule has 2 atom stereocenters. The van der Waals surface area contributed by atoms with Crippen LogP contribution in [0.3, 0.4) is 0 Å². The number of benzene rings is 1. The molecule has 0 saturated carbocycles. The number of rotatable bonds is 10. The molecule has 0 saturated heterocycles. The predicted octanol–water partition coefficient (Wildman–Crippen LogP) is 4.42. The number of para-hydroxylation sites is 2. The molecule has 2 aliphatic carbocycles. The van der Waals surface area contributed by atoms with Crippen molar-refractivity contribution >= 4 is 21.1 Å². The Bertz CT molecular complexity index is 1280. The first-order valence-electron chi connectivity index (χ1n) is 12.5. The van der Waals surface area contributed by atoms with Gasteiger partial charge in [0, 0.05) is 12.7 Å². The molecule has 0 spiro atoms. The molecule has 0 fully saturated rings. The van der Waals surface area contributed by atoms with Gasteiger partial charge in [0.25, 0.3) is 0 Å². The maximum absolute atomic E-state index is 12.6. The fourth-order valence-corrected chi connectivity index (χ4v) is 6.41. The van der Waals surface area contributed by atoms with Gasteiger partial charge in [-0.05, 0) is 68.8 Å². The van der Waals surface area contributed by atoms with Gasteiger partial charge in [-0.15, -0.1) is 0 Å². The van der Waals surface area contributed by atoms with Crippen LogP contribution in [-0.2, 0) is 23.0 Å². The molecule has 5 rings (SSSR count). The summed E-state index contributed by atoms with van der Waals surface area (Å²) in [7, 11) is -3.33. The molecule has 0 amide bonds. The Balaban J connectivity index is 1.25. The van der Waals surface area contributed by atoms with E-state index < -0.39 is 15.3 Å². The van der Waals surface area contributed by atoms with Crippen LogP contribution in [0.1, 0.15) is 55.2 Å². The number of nitrogens with zero attached hydrogens (tertiary/aromatic N) is 3. The maximum Gasteiger partial charge on any atom is 0.218 e. The number of unbranched alkanes of at least 4 members (excludes halogenated alkanes) is 1. The molecular formula is C27H33N5O2S. The Morgan fingerprint density at radius 3 is 2.89 bits per heavy atom. The quantitative estimate of drug-likeness (QED) is 0.410. The summed E-state index contributed by atoms with van der Waals surface area (Å²) in [5.41, 5.74) is 4.53. The SMILES string of the molecule is O=S(=O)(NCCCCN(Cc1nc2ccccc2[nH]1)C1CCCc2cccnc21)C1C=CC=CC1. The van der Waals surface area contributed by atoms with Gasteiger partial charge in [-0.2, -0.15) is 0 Å². The van der Waals surface area contributed by atoms with Crippen LogP contribution in [0, 0.1) is 0 Å². The zero-order valence-corrected chi connectivity index (χ0v) is 20.8. The molecule has 2 unspecified atom stereocenters. The number of allylic oxidation sites excluding steroid dienone is 3.